The number of hydrogen-bond donors (Lipinski definition) is 1. The predicted molar refractivity (Wildman–Crippen MR) is 119 cm³/mol. The van der Waals surface area contributed by atoms with Gasteiger partial charge in [-0.1, -0.05) is 0 Å². The quantitative estimate of drug-likeness (QED) is 0.393. The number of alkyl halides is 6. The summed E-state index contributed by atoms with van der Waals surface area (Å²) in [7, 11) is 0. The fourth-order valence-electron chi connectivity index (χ4n) is 4.51. The Morgan fingerprint density at radius 2 is 1.67 bits per heavy atom. The molecule has 1 aliphatic rings. The van der Waals surface area contributed by atoms with Crippen LogP contribution in [0.3, 0.4) is 0 Å². The van der Waals surface area contributed by atoms with Crippen LogP contribution in [-0.4, -0.2) is 50.4 Å². The first-order valence-electron chi connectivity index (χ1n) is 11.3. The first kappa shape index (κ1) is 26.1. The number of ether oxygens (including phenoxy) is 1. The van der Waals surface area contributed by atoms with E-state index >= 15 is 0 Å². The maximum absolute atomic E-state index is 13.4. The van der Waals surface area contributed by atoms with Crippen molar-refractivity contribution >= 4 is 28.0 Å². The summed E-state index contributed by atoms with van der Waals surface area (Å²) in [6, 6.07) is 2.84. The van der Waals surface area contributed by atoms with Crippen LogP contribution in [0.1, 0.15) is 50.8 Å². The summed E-state index contributed by atoms with van der Waals surface area (Å²) >= 11 is 0. The molecule has 196 valence electrons. The Morgan fingerprint density at radius 3 is 2.28 bits per heavy atom. The number of hydrogen-bond acceptors (Lipinski definition) is 4. The lowest BCUT2D eigenvalue weighted by atomic mass is 10.1. The number of nitrogens with zero attached hydrogens (tertiary/aromatic N) is 3. The van der Waals surface area contributed by atoms with Gasteiger partial charge in [0.05, 0.1) is 35.3 Å². The summed E-state index contributed by atoms with van der Waals surface area (Å²) < 4.78 is 87.2. The number of amides is 1. The van der Waals surface area contributed by atoms with Crippen LogP contribution >= 0.6 is 0 Å². The molecule has 0 unspecified atom stereocenters. The van der Waals surface area contributed by atoms with Gasteiger partial charge in [-0.2, -0.15) is 26.3 Å². The van der Waals surface area contributed by atoms with Crippen LogP contribution < -0.4 is 0 Å². The molecule has 1 N–H and O–H groups in total. The lowest BCUT2D eigenvalue weighted by Crippen LogP contribution is -2.41. The van der Waals surface area contributed by atoms with Crippen LogP contribution in [0.25, 0.3) is 21.9 Å². The third-order valence-electron chi connectivity index (χ3n) is 6.06. The Bertz CT molecular complexity index is 1220. The zero-order chi connectivity index (χ0) is 26.6. The van der Waals surface area contributed by atoms with E-state index in [-0.39, 0.29) is 35.0 Å². The standard InChI is InChI=1S/C24H25F6N3O3/c1-22(2,3)36-21(35)32-8-4-5-18(19(34)12-32)33-17-7-6-13(23(25,26)27)9-15(17)16-10-14(24(28,29)30)11-31-20(16)33/h6-7,9-11,18-19,34H,4-5,8,12H2,1-3H3/t18-,19-/m1/s1. The minimum atomic E-state index is -4.74. The van der Waals surface area contributed by atoms with E-state index in [1.807, 2.05) is 0 Å². The third kappa shape index (κ3) is 5.09. The van der Waals surface area contributed by atoms with Gasteiger partial charge in [-0.15, -0.1) is 0 Å². The highest BCUT2D eigenvalue weighted by molar-refractivity contribution is 6.07. The number of likely N-dealkylation sites (tertiary alicyclic amines) is 1. The second-order valence-electron chi connectivity index (χ2n) is 9.90. The molecule has 1 aromatic carbocycles. The van der Waals surface area contributed by atoms with E-state index in [9.17, 15) is 36.2 Å². The van der Waals surface area contributed by atoms with E-state index in [1.54, 1.807) is 20.8 Å². The average Bonchev–Trinajstić information content (AvgIpc) is 2.93. The molecule has 2 atom stereocenters. The van der Waals surface area contributed by atoms with E-state index in [0.29, 0.717) is 19.0 Å². The number of halogens is 6. The van der Waals surface area contributed by atoms with Gasteiger partial charge in [0.1, 0.15) is 11.2 Å². The molecule has 12 heteroatoms. The Morgan fingerprint density at radius 1 is 1.03 bits per heavy atom. The molecule has 1 fully saturated rings. The zero-order valence-electron chi connectivity index (χ0n) is 19.7. The summed E-state index contributed by atoms with van der Waals surface area (Å²) in [6.45, 7) is 5.26. The molecule has 0 bridgehead atoms. The highest BCUT2D eigenvalue weighted by Gasteiger charge is 2.36. The van der Waals surface area contributed by atoms with Crippen LogP contribution in [0.4, 0.5) is 31.1 Å². The second kappa shape index (κ2) is 8.82. The molecule has 1 aliphatic heterocycles. The highest BCUT2D eigenvalue weighted by Crippen LogP contribution is 2.40. The van der Waals surface area contributed by atoms with Gasteiger partial charge in [0.25, 0.3) is 0 Å². The SMILES string of the molecule is CC(C)(C)OC(=O)N1CCC[C@@H](n2c3ccc(C(F)(F)F)cc3c3cc(C(F)(F)F)cnc32)[C@H](O)C1. The number of benzene rings is 1. The van der Waals surface area contributed by atoms with Crippen molar-refractivity contribution in [2.45, 2.75) is 63.7 Å². The highest BCUT2D eigenvalue weighted by atomic mass is 19.4. The molecule has 2 aromatic heterocycles. The molecule has 0 radical (unpaired) electrons. The first-order chi connectivity index (χ1) is 16.6. The summed E-state index contributed by atoms with van der Waals surface area (Å²) in [5.74, 6) is 0. The van der Waals surface area contributed by atoms with Crippen molar-refractivity contribution in [3.63, 3.8) is 0 Å². The van der Waals surface area contributed by atoms with Gasteiger partial charge in [0, 0.05) is 23.5 Å². The van der Waals surface area contributed by atoms with E-state index in [4.69, 9.17) is 4.74 Å². The van der Waals surface area contributed by atoms with E-state index in [2.05, 4.69) is 4.98 Å². The number of pyridine rings is 1. The summed E-state index contributed by atoms with van der Waals surface area (Å²) in [5.41, 5.74) is -2.63. The van der Waals surface area contributed by atoms with Crippen LogP contribution in [-0.2, 0) is 17.1 Å². The number of aromatic nitrogens is 2. The lowest BCUT2D eigenvalue weighted by molar-refractivity contribution is -0.138. The maximum Gasteiger partial charge on any atom is 0.417 e. The Kier molecular flexibility index (Phi) is 6.39. The number of carbonyl (C=O) groups is 1. The van der Waals surface area contributed by atoms with Crippen molar-refractivity contribution in [1.82, 2.24) is 14.5 Å². The fraction of sp³-hybridized carbons (Fsp3) is 0.500. The molecular weight excluding hydrogens is 492 g/mol. The minimum absolute atomic E-state index is 0.0205. The largest absolute Gasteiger partial charge is 0.444 e. The molecule has 36 heavy (non-hydrogen) atoms. The van der Waals surface area contributed by atoms with Crippen molar-refractivity contribution in [3.05, 3.63) is 41.6 Å². The lowest BCUT2D eigenvalue weighted by Gasteiger charge is -2.29. The normalized spacial score (nSPS) is 20.1. The Hall–Kier alpha value is -3.02. The van der Waals surface area contributed by atoms with Gasteiger partial charge in [-0.3, -0.25) is 0 Å². The van der Waals surface area contributed by atoms with Crippen molar-refractivity contribution in [2.24, 2.45) is 0 Å². The van der Waals surface area contributed by atoms with Crippen LogP contribution in [0.15, 0.2) is 30.5 Å². The van der Waals surface area contributed by atoms with Gasteiger partial charge in [0.2, 0.25) is 0 Å². The van der Waals surface area contributed by atoms with Crippen molar-refractivity contribution < 1.29 is 41.0 Å². The summed E-state index contributed by atoms with van der Waals surface area (Å²) in [6.07, 6.45) is -9.89. The molecule has 1 amide bonds. The van der Waals surface area contributed by atoms with Crippen molar-refractivity contribution in [1.29, 1.82) is 0 Å². The predicted octanol–water partition coefficient (Wildman–Crippen LogP) is 6.16. The zero-order valence-corrected chi connectivity index (χ0v) is 19.7. The third-order valence-corrected chi connectivity index (χ3v) is 6.06. The van der Waals surface area contributed by atoms with Gasteiger partial charge in [-0.05, 0) is 57.9 Å². The topological polar surface area (TPSA) is 67.6 Å². The van der Waals surface area contributed by atoms with Crippen LogP contribution in [0.2, 0.25) is 0 Å². The maximum atomic E-state index is 13.4. The molecule has 3 aromatic rings. The number of rotatable bonds is 1. The van der Waals surface area contributed by atoms with E-state index in [0.717, 1.165) is 18.2 Å². The number of aliphatic hydroxyl groups excluding tert-OH is 1. The van der Waals surface area contributed by atoms with Gasteiger partial charge in [-0.25, -0.2) is 9.78 Å². The summed E-state index contributed by atoms with van der Waals surface area (Å²) in [4.78, 5) is 17.9. The van der Waals surface area contributed by atoms with Crippen LogP contribution in [0.5, 0.6) is 0 Å². The Labute approximate surface area is 202 Å². The Balaban J connectivity index is 1.83. The molecule has 0 saturated carbocycles. The molecule has 0 spiro atoms. The van der Waals surface area contributed by atoms with Crippen molar-refractivity contribution in [3.8, 4) is 0 Å². The van der Waals surface area contributed by atoms with Gasteiger partial charge < -0.3 is 19.3 Å². The molecule has 3 heterocycles. The smallest absolute Gasteiger partial charge is 0.417 e. The number of carbonyl (C=O) groups excluding carboxylic acids is 1. The van der Waals surface area contributed by atoms with Gasteiger partial charge >= 0.3 is 18.4 Å². The number of aliphatic hydroxyl groups is 1. The molecule has 4 rings (SSSR count). The molecule has 6 nitrogen and oxygen atoms in total. The number of β-amino-alcohol motifs (C(OH)–C–C–N with tert-alkyl or cyclic N) is 1. The van der Waals surface area contributed by atoms with Crippen LogP contribution in [0, 0.1) is 0 Å². The molecular formula is C24H25F6N3O3. The minimum Gasteiger partial charge on any atom is -0.444 e. The van der Waals surface area contributed by atoms with E-state index < -0.39 is 47.3 Å². The first-order valence-corrected chi connectivity index (χ1v) is 11.3. The van der Waals surface area contributed by atoms with Gasteiger partial charge in [0.15, 0.2) is 0 Å². The molecule has 1 saturated heterocycles. The average molecular weight is 517 g/mol. The molecule has 0 aliphatic carbocycles. The van der Waals surface area contributed by atoms with E-state index in [1.165, 1.54) is 15.5 Å². The second-order valence-corrected chi connectivity index (χ2v) is 9.90. The number of fused-ring (bicyclic) bond motifs is 3. The van der Waals surface area contributed by atoms with Crippen molar-refractivity contribution in [2.75, 3.05) is 13.1 Å². The summed E-state index contributed by atoms with van der Waals surface area (Å²) in [5, 5.41) is 10.9. The monoisotopic (exact) mass is 517 g/mol. The fourth-order valence-corrected chi connectivity index (χ4v) is 4.51.